The molecule has 0 spiro atoms. The molecule has 26 heavy (non-hydrogen) atoms. The van der Waals surface area contributed by atoms with Crippen molar-refractivity contribution in [3.63, 3.8) is 0 Å². The molecule has 1 aliphatic rings. The average Bonchev–Trinajstić information content (AvgIpc) is 2.99. The number of nitrogens with one attached hydrogen (secondary N) is 1. The predicted molar refractivity (Wildman–Crippen MR) is 97.3 cm³/mol. The fourth-order valence-electron chi connectivity index (χ4n) is 3.05. The number of amides is 2. The van der Waals surface area contributed by atoms with Gasteiger partial charge in [0.1, 0.15) is 5.75 Å². The topological polar surface area (TPSA) is 104 Å². The van der Waals surface area contributed by atoms with Gasteiger partial charge in [0.05, 0.1) is 18.3 Å². The summed E-state index contributed by atoms with van der Waals surface area (Å²) < 4.78 is 11.6. The first kappa shape index (κ1) is 18.0. The lowest BCUT2D eigenvalue weighted by Crippen LogP contribution is -2.20. The van der Waals surface area contributed by atoms with Gasteiger partial charge in [0.2, 0.25) is 11.8 Å². The second-order valence-corrected chi connectivity index (χ2v) is 6.63. The van der Waals surface area contributed by atoms with Gasteiger partial charge in [-0.1, -0.05) is 0 Å². The van der Waals surface area contributed by atoms with Crippen LogP contribution in [0, 0.1) is 5.92 Å². The predicted octanol–water partition coefficient (Wildman–Crippen LogP) is 2.03. The molecule has 1 atom stereocenters. The Bertz CT molecular complexity index is 835. The van der Waals surface area contributed by atoms with Crippen molar-refractivity contribution in [3.8, 4) is 11.6 Å². The van der Waals surface area contributed by atoms with Crippen molar-refractivity contribution in [2.24, 2.45) is 11.7 Å². The molecule has 0 radical (unpaired) electrons. The zero-order valence-corrected chi connectivity index (χ0v) is 15.0. The van der Waals surface area contributed by atoms with Crippen LogP contribution in [0.5, 0.6) is 11.6 Å². The van der Waals surface area contributed by atoms with Crippen molar-refractivity contribution in [3.05, 3.63) is 30.0 Å². The highest BCUT2D eigenvalue weighted by atomic mass is 16.5. The zero-order valence-electron chi connectivity index (χ0n) is 15.0. The van der Waals surface area contributed by atoms with E-state index in [1.807, 2.05) is 13.8 Å². The summed E-state index contributed by atoms with van der Waals surface area (Å²) in [5.41, 5.74) is 5.80. The summed E-state index contributed by atoms with van der Waals surface area (Å²) in [5.74, 6) is 0.386. The van der Waals surface area contributed by atoms with Gasteiger partial charge in [-0.2, -0.15) is 0 Å². The second-order valence-electron chi connectivity index (χ2n) is 6.63. The highest BCUT2D eigenvalue weighted by molar-refractivity contribution is 6.01. The summed E-state index contributed by atoms with van der Waals surface area (Å²) in [4.78, 5) is 27.7. The number of nitrogens with zero attached hydrogens (tertiary/aromatic N) is 1. The maximum absolute atomic E-state index is 11.7. The SMILES string of the molecule is CC(C)Oc1cc2c(OCCC3CCNC3=O)nccc2cc1C(N)=O. The van der Waals surface area contributed by atoms with Crippen LogP contribution in [-0.4, -0.2) is 36.1 Å². The number of fused-ring (bicyclic) bond motifs is 1. The molecule has 7 heteroatoms. The van der Waals surface area contributed by atoms with Gasteiger partial charge in [0, 0.05) is 24.0 Å². The monoisotopic (exact) mass is 357 g/mol. The normalized spacial score (nSPS) is 16.7. The smallest absolute Gasteiger partial charge is 0.252 e. The van der Waals surface area contributed by atoms with Crippen LogP contribution in [0.1, 0.15) is 37.0 Å². The Morgan fingerprint density at radius 3 is 2.88 bits per heavy atom. The minimum atomic E-state index is -0.547. The van der Waals surface area contributed by atoms with E-state index in [4.69, 9.17) is 15.2 Å². The lowest BCUT2D eigenvalue weighted by molar-refractivity contribution is -0.122. The molecule has 0 saturated carbocycles. The maximum atomic E-state index is 11.7. The third-order valence-electron chi connectivity index (χ3n) is 4.32. The fraction of sp³-hybridized carbons (Fsp3) is 0.421. The number of benzene rings is 1. The average molecular weight is 357 g/mol. The third-order valence-corrected chi connectivity index (χ3v) is 4.32. The van der Waals surface area contributed by atoms with Gasteiger partial charge in [0.25, 0.3) is 5.91 Å². The van der Waals surface area contributed by atoms with Crippen LogP contribution in [0.3, 0.4) is 0 Å². The molecule has 1 aromatic heterocycles. The Hall–Kier alpha value is -2.83. The quantitative estimate of drug-likeness (QED) is 0.789. The van der Waals surface area contributed by atoms with Crippen LogP contribution in [0.4, 0.5) is 0 Å². The molecule has 0 aliphatic carbocycles. The molecule has 7 nitrogen and oxygen atoms in total. The molecule has 1 fully saturated rings. The highest BCUT2D eigenvalue weighted by Crippen LogP contribution is 2.31. The molecule has 1 aliphatic heterocycles. The van der Waals surface area contributed by atoms with Gasteiger partial charge in [0.15, 0.2) is 0 Å². The summed E-state index contributed by atoms with van der Waals surface area (Å²) in [6.45, 7) is 4.87. The van der Waals surface area contributed by atoms with E-state index in [0.29, 0.717) is 30.2 Å². The molecular formula is C19H23N3O4. The summed E-state index contributed by atoms with van der Waals surface area (Å²) in [5, 5.41) is 4.35. The lowest BCUT2D eigenvalue weighted by atomic mass is 10.1. The van der Waals surface area contributed by atoms with Crippen molar-refractivity contribution in [2.75, 3.05) is 13.2 Å². The number of hydrogen-bond acceptors (Lipinski definition) is 5. The largest absolute Gasteiger partial charge is 0.490 e. The number of carbonyl (C=O) groups is 2. The Morgan fingerprint density at radius 2 is 2.23 bits per heavy atom. The van der Waals surface area contributed by atoms with Crippen LogP contribution in [0.15, 0.2) is 24.4 Å². The van der Waals surface area contributed by atoms with E-state index in [1.165, 1.54) is 0 Å². The standard InChI is InChI=1S/C19H23N3O4/c1-11(2)26-16-10-14-13(9-15(16)17(20)23)4-7-22-19(14)25-8-5-12-3-6-21-18(12)24/h4,7,9-12H,3,5-6,8H2,1-2H3,(H2,20,23)(H,21,24). The molecule has 1 aromatic carbocycles. The lowest BCUT2D eigenvalue weighted by Gasteiger charge is -2.15. The number of hydrogen-bond donors (Lipinski definition) is 2. The minimum absolute atomic E-state index is 0.00808. The van der Waals surface area contributed by atoms with E-state index in [2.05, 4.69) is 10.3 Å². The third kappa shape index (κ3) is 3.87. The molecular weight excluding hydrogens is 334 g/mol. The van der Waals surface area contributed by atoms with Gasteiger partial charge in [-0.15, -0.1) is 0 Å². The number of carbonyl (C=O) groups excluding carboxylic acids is 2. The Morgan fingerprint density at radius 1 is 1.42 bits per heavy atom. The molecule has 138 valence electrons. The van der Waals surface area contributed by atoms with Crippen LogP contribution in [-0.2, 0) is 4.79 Å². The van der Waals surface area contributed by atoms with E-state index in [1.54, 1.807) is 24.4 Å². The molecule has 3 N–H and O–H groups in total. The zero-order chi connectivity index (χ0) is 18.7. The Labute approximate surface area is 151 Å². The van der Waals surface area contributed by atoms with Gasteiger partial charge in [-0.3, -0.25) is 9.59 Å². The van der Waals surface area contributed by atoms with E-state index in [0.717, 1.165) is 23.7 Å². The van der Waals surface area contributed by atoms with E-state index >= 15 is 0 Å². The Balaban J connectivity index is 1.85. The van der Waals surface area contributed by atoms with Crippen molar-refractivity contribution in [1.82, 2.24) is 10.3 Å². The first-order valence-corrected chi connectivity index (χ1v) is 8.75. The van der Waals surface area contributed by atoms with E-state index in [-0.39, 0.29) is 17.9 Å². The number of rotatable bonds is 7. The molecule has 2 aromatic rings. The number of nitrogens with two attached hydrogens (primary N) is 1. The first-order chi connectivity index (χ1) is 12.5. The van der Waals surface area contributed by atoms with Crippen LogP contribution < -0.4 is 20.5 Å². The number of ether oxygens (including phenoxy) is 2. The van der Waals surface area contributed by atoms with Crippen molar-refractivity contribution >= 4 is 22.6 Å². The van der Waals surface area contributed by atoms with Gasteiger partial charge in [-0.25, -0.2) is 4.98 Å². The van der Waals surface area contributed by atoms with Crippen molar-refractivity contribution in [1.29, 1.82) is 0 Å². The van der Waals surface area contributed by atoms with Crippen LogP contribution >= 0.6 is 0 Å². The number of primary amides is 1. The van der Waals surface area contributed by atoms with Gasteiger partial charge >= 0.3 is 0 Å². The van der Waals surface area contributed by atoms with E-state index in [9.17, 15) is 9.59 Å². The van der Waals surface area contributed by atoms with Crippen molar-refractivity contribution < 1.29 is 19.1 Å². The summed E-state index contributed by atoms with van der Waals surface area (Å²) in [7, 11) is 0. The highest BCUT2D eigenvalue weighted by Gasteiger charge is 2.24. The second kappa shape index (κ2) is 7.59. The van der Waals surface area contributed by atoms with Gasteiger partial charge < -0.3 is 20.5 Å². The van der Waals surface area contributed by atoms with Crippen molar-refractivity contribution in [2.45, 2.75) is 32.8 Å². The fourth-order valence-corrected chi connectivity index (χ4v) is 3.05. The van der Waals surface area contributed by atoms with Crippen LogP contribution in [0.2, 0.25) is 0 Å². The summed E-state index contributed by atoms with van der Waals surface area (Å²) >= 11 is 0. The minimum Gasteiger partial charge on any atom is -0.490 e. The molecule has 2 heterocycles. The maximum Gasteiger partial charge on any atom is 0.252 e. The van der Waals surface area contributed by atoms with E-state index < -0.39 is 5.91 Å². The first-order valence-electron chi connectivity index (χ1n) is 8.75. The number of aromatic nitrogens is 1. The Kier molecular flexibility index (Phi) is 5.25. The number of pyridine rings is 1. The molecule has 2 amide bonds. The molecule has 1 saturated heterocycles. The molecule has 0 bridgehead atoms. The molecule has 1 unspecified atom stereocenters. The summed E-state index contributed by atoms with van der Waals surface area (Å²) in [6.07, 6.45) is 2.98. The molecule has 3 rings (SSSR count). The van der Waals surface area contributed by atoms with Crippen LogP contribution in [0.25, 0.3) is 10.8 Å². The van der Waals surface area contributed by atoms with Gasteiger partial charge in [-0.05, 0) is 50.3 Å². The summed E-state index contributed by atoms with van der Waals surface area (Å²) in [6, 6.07) is 5.21.